The number of ether oxygens (including phenoxy) is 1. The first-order chi connectivity index (χ1) is 11.2. The summed E-state index contributed by atoms with van der Waals surface area (Å²) < 4.78 is 4.58. The summed E-state index contributed by atoms with van der Waals surface area (Å²) in [7, 11) is 1.35. The maximum Gasteiger partial charge on any atom is 0.315 e. The number of H-pyrrole nitrogens is 1. The van der Waals surface area contributed by atoms with Gasteiger partial charge in [-0.3, -0.25) is 9.59 Å². The third-order valence-electron chi connectivity index (χ3n) is 3.26. The molecule has 23 heavy (non-hydrogen) atoms. The highest BCUT2D eigenvalue weighted by atomic mass is 32.2. The molecule has 3 aromatic rings. The number of nitrogens with one attached hydrogen (secondary N) is 1. The molecule has 0 spiro atoms. The molecule has 0 bridgehead atoms. The molecule has 0 radical (unpaired) electrons. The highest BCUT2D eigenvalue weighted by Gasteiger charge is 2.13. The van der Waals surface area contributed by atoms with Crippen LogP contribution in [0.3, 0.4) is 0 Å². The fraction of sp³-hybridized carbons (Fsp3) is 0.188. The molecule has 0 saturated heterocycles. The predicted octanol–water partition coefficient (Wildman–Crippen LogP) is 3.06. The van der Waals surface area contributed by atoms with Gasteiger partial charge >= 0.3 is 5.97 Å². The number of hydrogen-bond donors (Lipinski definition) is 1. The van der Waals surface area contributed by atoms with Crippen LogP contribution in [0.4, 0.5) is 0 Å². The number of carbonyl (C=O) groups is 1. The summed E-state index contributed by atoms with van der Waals surface area (Å²) in [5.41, 5.74) is 1.75. The molecule has 0 atom stereocenters. The topological polar surface area (TPSA) is 72.0 Å². The van der Waals surface area contributed by atoms with E-state index in [0.29, 0.717) is 21.8 Å². The molecule has 0 aliphatic rings. The molecule has 5 nitrogen and oxygen atoms in total. The molecule has 2 aromatic heterocycles. The van der Waals surface area contributed by atoms with E-state index in [0.717, 1.165) is 11.1 Å². The number of rotatable bonds is 5. The molecule has 0 aliphatic carbocycles. The molecule has 3 rings (SSSR count). The number of aromatic amines is 1. The summed E-state index contributed by atoms with van der Waals surface area (Å²) in [6, 6.07) is 9.77. The predicted molar refractivity (Wildman–Crippen MR) is 93.9 cm³/mol. The van der Waals surface area contributed by atoms with Crippen molar-refractivity contribution in [3.63, 3.8) is 0 Å². The molecule has 0 unspecified atom stereocenters. The number of benzene rings is 1. The molecule has 2 heterocycles. The van der Waals surface area contributed by atoms with Crippen LogP contribution in [0.1, 0.15) is 5.82 Å². The van der Waals surface area contributed by atoms with Crippen molar-refractivity contribution in [3.8, 4) is 11.1 Å². The van der Waals surface area contributed by atoms with E-state index in [4.69, 9.17) is 0 Å². The van der Waals surface area contributed by atoms with Gasteiger partial charge in [0, 0.05) is 10.9 Å². The minimum absolute atomic E-state index is 0.149. The second-order valence-electron chi connectivity index (χ2n) is 4.78. The van der Waals surface area contributed by atoms with Crippen molar-refractivity contribution in [2.75, 3.05) is 12.9 Å². The summed E-state index contributed by atoms with van der Waals surface area (Å²) in [5.74, 6) is 0.968. The van der Waals surface area contributed by atoms with Crippen LogP contribution in [-0.2, 0) is 15.3 Å². The van der Waals surface area contributed by atoms with Crippen LogP contribution in [0, 0.1) is 0 Å². The Balaban J connectivity index is 1.89. The van der Waals surface area contributed by atoms with Gasteiger partial charge in [-0.1, -0.05) is 30.3 Å². The number of carbonyl (C=O) groups excluding carboxylic acids is 1. The largest absolute Gasteiger partial charge is 0.468 e. The summed E-state index contributed by atoms with van der Waals surface area (Å²) in [6.07, 6.45) is 0. The molecule has 0 saturated carbocycles. The number of esters is 1. The highest BCUT2D eigenvalue weighted by molar-refractivity contribution is 7.99. The monoisotopic (exact) mass is 346 g/mol. The third kappa shape index (κ3) is 3.46. The van der Waals surface area contributed by atoms with E-state index in [1.165, 1.54) is 30.2 Å². The zero-order valence-corrected chi connectivity index (χ0v) is 14.0. The normalized spacial score (nSPS) is 10.8. The zero-order valence-electron chi connectivity index (χ0n) is 12.4. The molecule has 7 heteroatoms. The van der Waals surface area contributed by atoms with E-state index in [2.05, 4.69) is 14.7 Å². The molecule has 1 N–H and O–H groups in total. The Labute approximate surface area is 140 Å². The fourth-order valence-electron chi connectivity index (χ4n) is 2.18. The van der Waals surface area contributed by atoms with Gasteiger partial charge in [0.1, 0.15) is 10.7 Å². The number of thiophene rings is 1. The number of hydrogen-bond acceptors (Lipinski definition) is 6. The second-order valence-corrected chi connectivity index (χ2v) is 6.62. The van der Waals surface area contributed by atoms with Gasteiger partial charge in [0.25, 0.3) is 5.56 Å². The van der Waals surface area contributed by atoms with Gasteiger partial charge in [-0.15, -0.1) is 23.1 Å². The van der Waals surface area contributed by atoms with E-state index in [9.17, 15) is 9.59 Å². The molecule has 0 amide bonds. The van der Waals surface area contributed by atoms with Crippen molar-refractivity contribution < 1.29 is 9.53 Å². The number of methoxy groups -OCH3 is 1. The highest BCUT2D eigenvalue weighted by Crippen LogP contribution is 2.30. The van der Waals surface area contributed by atoms with Crippen molar-refractivity contribution in [1.82, 2.24) is 9.97 Å². The minimum atomic E-state index is -0.291. The maximum atomic E-state index is 12.4. The van der Waals surface area contributed by atoms with Crippen molar-refractivity contribution in [3.05, 3.63) is 51.9 Å². The molecule has 1 aromatic carbocycles. The van der Waals surface area contributed by atoms with Gasteiger partial charge in [-0.2, -0.15) is 0 Å². The fourth-order valence-corrected chi connectivity index (χ4v) is 3.87. The SMILES string of the molecule is COC(=O)CSCc1nc2scc(-c3ccccc3)c2c(=O)[nH]1. The standard InChI is InChI=1S/C16H14N2O3S2/c1-21-13(19)9-22-8-12-17-15(20)14-11(7-23-16(14)18-12)10-5-3-2-4-6-10/h2-7H,8-9H2,1H3,(H,17,18,20). The lowest BCUT2D eigenvalue weighted by molar-refractivity contribution is -0.137. The minimum Gasteiger partial charge on any atom is -0.468 e. The molecule has 0 fully saturated rings. The Kier molecular flexibility index (Phi) is 4.78. The third-order valence-corrected chi connectivity index (χ3v) is 5.05. The van der Waals surface area contributed by atoms with E-state index in [1.54, 1.807) is 0 Å². The van der Waals surface area contributed by atoms with Crippen molar-refractivity contribution in [2.24, 2.45) is 0 Å². The van der Waals surface area contributed by atoms with Crippen LogP contribution < -0.4 is 5.56 Å². The quantitative estimate of drug-likeness (QED) is 0.719. The van der Waals surface area contributed by atoms with Gasteiger partial charge in [0.2, 0.25) is 0 Å². The van der Waals surface area contributed by atoms with Crippen LogP contribution in [0.15, 0.2) is 40.5 Å². The summed E-state index contributed by atoms with van der Waals surface area (Å²) >= 11 is 2.81. The molecule has 0 aliphatic heterocycles. The Morgan fingerprint density at radius 3 is 2.87 bits per heavy atom. The van der Waals surface area contributed by atoms with Crippen LogP contribution in [0.2, 0.25) is 0 Å². The van der Waals surface area contributed by atoms with Crippen molar-refractivity contribution in [1.29, 1.82) is 0 Å². The lowest BCUT2D eigenvalue weighted by Gasteiger charge is -2.02. The maximum absolute atomic E-state index is 12.4. The molecular formula is C16H14N2O3S2. The first-order valence-electron chi connectivity index (χ1n) is 6.89. The van der Waals surface area contributed by atoms with E-state index >= 15 is 0 Å². The number of nitrogens with zero attached hydrogens (tertiary/aromatic N) is 1. The molecule has 118 valence electrons. The number of thioether (sulfide) groups is 1. The Bertz CT molecular complexity index is 887. The van der Waals surface area contributed by atoms with Gasteiger partial charge in [0.15, 0.2) is 0 Å². The first kappa shape index (κ1) is 15.8. The zero-order chi connectivity index (χ0) is 16.2. The van der Waals surface area contributed by atoms with E-state index in [1.807, 2.05) is 35.7 Å². The molecular weight excluding hydrogens is 332 g/mol. The number of fused-ring (bicyclic) bond motifs is 1. The summed E-state index contributed by atoms with van der Waals surface area (Å²) in [6.45, 7) is 0. The van der Waals surface area contributed by atoms with Crippen LogP contribution in [0.5, 0.6) is 0 Å². The van der Waals surface area contributed by atoms with Gasteiger partial charge in [-0.05, 0) is 5.56 Å². The lowest BCUT2D eigenvalue weighted by atomic mass is 10.1. The average molecular weight is 346 g/mol. The summed E-state index contributed by atoms with van der Waals surface area (Å²) in [4.78, 5) is 31.5. The Morgan fingerprint density at radius 1 is 1.35 bits per heavy atom. The second kappa shape index (κ2) is 6.97. The Morgan fingerprint density at radius 2 is 2.13 bits per heavy atom. The summed E-state index contributed by atoms with van der Waals surface area (Å²) in [5, 5.41) is 2.57. The van der Waals surface area contributed by atoms with Gasteiger partial charge in [0.05, 0.1) is 24.0 Å². The lowest BCUT2D eigenvalue weighted by Crippen LogP contribution is -2.11. The first-order valence-corrected chi connectivity index (χ1v) is 8.93. The van der Waals surface area contributed by atoms with E-state index < -0.39 is 0 Å². The van der Waals surface area contributed by atoms with Crippen LogP contribution in [-0.4, -0.2) is 28.8 Å². The van der Waals surface area contributed by atoms with Crippen molar-refractivity contribution in [2.45, 2.75) is 5.75 Å². The van der Waals surface area contributed by atoms with E-state index in [-0.39, 0.29) is 17.3 Å². The number of aromatic nitrogens is 2. The van der Waals surface area contributed by atoms with Gasteiger partial charge in [-0.25, -0.2) is 4.98 Å². The average Bonchev–Trinajstić information content (AvgIpc) is 3.00. The smallest absolute Gasteiger partial charge is 0.315 e. The Hall–Kier alpha value is -2.12. The van der Waals surface area contributed by atoms with Crippen LogP contribution in [0.25, 0.3) is 21.3 Å². The van der Waals surface area contributed by atoms with Gasteiger partial charge < -0.3 is 9.72 Å². The van der Waals surface area contributed by atoms with Crippen molar-refractivity contribution >= 4 is 39.3 Å². The van der Waals surface area contributed by atoms with Crippen LogP contribution >= 0.6 is 23.1 Å².